The lowest BCUT2D eigenvalue weighted by Crippen LogP contribution is -2.31. The number of nitrogens with one attached hydrogen (secondary N) is 1. The third-order valence-corrected chi connectivity index (χ3v) is 5.17. The quantitative estimate of drug-likeness (QED) is 0.807. The molecule has 0 saturated heterocycles. The number of ether oxygens (including phenoxy) is 4. The zero-order chi connectivity index (χ0) is 16.9. The van der Waals surface area contributed by atoms with Gasteiger partial charge in [-0.3, -0.25) is 4.72 Å². The number of carboxylic acids is 1. The number of carboxylic acid groups (broad SMARTS) is 1. The van der Waals surface area contributed by atoms with Gasteiger partial charge in [0.15, 0.2) is 11.5 Å². The molecule has 0 bridgehead atoms. The van der Waals surface area contributed by atoms with E-state index in [9.17, 15) is 13.2 Å². The van der Waals surface area contributed by atoms with Crippen LogP contribution >= 0.6 is 0 Å². The van der Waals surface area contributed by atoms with E-state index in [-0.39, 0.29) is 30.5 Å². The van der Waals surface area contributed by atoms with Crippen molar-refractivity contribution in [2.45, 2.75) is 11.3 Å². The standard InChI is InChI=1S/C14H11NO8S/c16-14(17)10-1-7-2-11-12(23-6-22-11)9(3-8-4-20-5-21-8)13(7)24(18,19)15-10/h1-2,4,15H,3,5-6H2,(H,16,17). The van der Waals surface area contributed by atoms with Crippen LogP contribution in [0.3, 0.4) is 0 Å². The summed E-state index contributed by atoms with van der Waals surface area (Å²) in [6, 6.07) is 1.45. The molecule has 0 amide bonds. The number of benzene rings is 1. The minimum atomic E-state index is -4.09. The van der Waals surface area contributed by atoms with Crippen molar-refractivity contribution in [3.05, 3.63) is 34.9 Å². The van der Waals surface area contributed by atoms with Gasteiger partial charge in [0.25, 0.3) is 10.0 Å². The highest BCUT2D eigenvalue weighted by Crippen LogP contribution is 2.44. The van der Waals surface area contributed by atoms with Crippen molar-refractivity contribution in [1.82, 2.24) is 4.72 Å². The first-order chi connectivity index (χ1) is 11.5. The Kier molecular flexibility index (Phi) is 3.10. The Balaban J connectivity index is 1.95. The molecule has 0 radical (unpaired) electrons. The van der Waals surface area contributed by atoms with Gasteiger partial charge in [0.2, 0.25) is 13.6 Å². The van der Waals surface area contributed by atoms with Crippen molar-refractivity contribution in [2.24, 2.45) is 0 Å². The molecule has 10 heteroatoms. The Morgan fingerprint density at radius 2 is 2.08 bits per heavy atom. The molecule has 9 nitrogen and oxygen atoms in total. The lowest BCUT2D eigenvalue weighted by molar-refractivity contribution is -0.132. The predicted octanol–water partition coefficient (Wildman–Crippen LogP) is 0.521. The maximum atomic E-state index is 12.6. The monoisotopic (exact) mass is 353 g/mol. The van der Waals surface area contributed by atoms with Crippen molar-refractivity contribution in [3.8, 4) is 11.5 Å². The van der Waals surface area contributed by atoms with Gasteiger partial charge in [-0.15, -0.1) is 0 Å². The lowest BCUT2D eigenvalue weighted by Gasteiger charge is -2.21. The number of hydrogen-bond acceptors (Lipinski definition) is 7. The molecule has 0 spiro atoms. The Hall–Kier alpha value is -2.88. The summed E-state index contributed by atoms with van der Waals surface area (Å²) >= 11 is 0. The number of rotatable bonds is 3. The highest BCUT2D eigenvalue weighted by molar-refractivity contribution is 7.89. The van der Waals surface area contributed by atoms with Crippen LogP contribution < -0.4 is 14.2 Å². The molecule has 0 aromatic heterocycles. The fraction of sp³-hybridized carbons (Fsp3) is 0.214. The molecule has 2 N–H and O–H groups in total. The molecule has 1 aromatic carbocycles. The van der Waals surface area contributed by atoms with E-state index in [1.807, 2.05) is 0 Å². The van der Waals surface area contributed by atoms with Crippen LogP contribution in [0.25, 0.3) is 6.08 Å². The Morgan fingerprint density at radius 3 is 2.79 bits per heavy atom. The van der Waals surface area contributed by atoms with Crippen LogP contribution in [0, 0.1) is 0 Å². The summed E-state index contributed by atoms with van der Waals surface area (Å²) in [4.78, 5) is 11.1. The van der Waals surface area contributed by atoms with Gasteiger partial charge >= 0.3 is 5.97 Å². The maximum Gasteiger partial charge on any atom is 0.352 e. The molecule has 0 fully saturated rings. The summed E-state index contributed by atoms with van der Waals surface area (Å²) < 4.78 is 48.2. The highest BCUT2D eigenvalue weighted by atomic mass is 32.2. The van der Waals surface area contributed by atoms with Crippen LogP contribution in [0.1, 0.15) is 11.1 Å². The summed E-state index contributed by atoms with van der Waals surface area (Å²) in [6.07, 6.45) is 2.74. The zero-order valence-corrected chi connectivity index (χ0v) is 12.9. The SMILES string of the molecule is O=C(O)C1=Cc2cc3c(c(CC4=COCO4)c2S(=O)(=O)N1)OCO3. The lowest BCUT2D eigenvalue weighted by atomic mass is 10.0. The second kappa shape index (κ2) is 5.06. The number of fused-ring (bicyclic) bond motifs is 2. The smallest absolute Gasteiger partial charge is 0.352 e. The summed E-state index contributed by atoms with van der Waals surface area (Å²) in [7, 11) is -4.09. The van der Waals surface area contributed by atoms with Crippen molar-refractivity contribution in [2.75, 3.05) is 13.6 Å². The van der Waals surface area contributed by atoms with Crippen LogP contribution in [0.15, 0.2) is 28.7 Å². The van der Waals surface area contributed by atoms with Gasteiger partial charge in [-0.25, -0.2) is 13.2 Å². The average Bonchev–Trinajstić information content (AvgIpc) is 3.16. The summed E-state index contributed by atoms with van der Waals surface area (Å²) in [6.45, 7) is 0.00256. The fourth-order valence-electron chi connectivity index (χ4n) is 2.72. The number of allylic oxidation sites excluding steroid dienone is 1. The molecule has 1 aromatic rings. The molecule has 0 unspecified atom stereocenters. The molecule has 0 atom stereocenters. The summed E-state index contributed by atoms with van der Waals surface area (Å²) in [5.74, 6) is -0.299. The first-order valence-electron chi connectivity index (χ1n) is 6.82. The molecular weight excluding hydrogens is 342 g/mol. The van der Waals surface area contributed by atoms with Gasteiger partial charge in [0.05, 0.1) is 0 Å². The molecule has 126 valence electrons. The largest absolute Gasteiger partial charge is 0.477 e. The van der Waals surface area contributed by atoms with Crippen LogP contribution in [0.5, 0.6) is 11.5 Å². The Labute approximate surface area is 136 Å². The topological polar surface area (TPSA) is 120 Å². The average molecular weight is 353 g/mol. The first kappa shape index (κ1) is 14.7. The minimum Gasteiger partial charge on any atom is -0.477 e. The highest BCUT2D eigenvalue weighted by Gasteiger charge is 2.35. The van der Waals surface area contributed by atoms with E-state index in [1.165, 1.54) is 18.4 Å². The van der Waals surface area contributed by atoms with Gasteiger partial charge in [-0.2, -0.15) is 0 Å². The second-order valence-electron chi connectivity index (χ2n) is 5.17. The third kappa shape index (κ3) is 2.22. The van der Waals surface area contributed by atoms with E-state index in [1.54, 1.807) is 0 Å². The molecule has 3 heterocycles. The molecule has 3 aliphatic rings. The van der Waals surface area contributed by atoms with E-state index in [0.29, 0.717) is 22.8 Å². The summed E-state index contributed by atoms with van der Waals surface area (Å²) in [5.41, 5.74) is 0.0989. The second-order valence-corrected chi connectivity index (χ2v) is 6.78. The van der Waals surface area contributed by atoms with Crippen molar-refractivity contribution >= 4 is 22.1 Å². The van der Waals surface area contributed by atoms with E-state index >= 15 is 0 Å². The molecule has 3 aliphatic heterocycles. The van der Waals surface area contributed by atoms with Crippen molar-refractivity contribution < 1.29 is 37.3 Å². The van der Waals surface area contributed by atoms with Gasteiger partial charge in [-0.05, 0) is 12.1 Å². The van der Waals surface area contributed by atoms with E-state index in [0.717, 1.165) is 0 Å². The van der Waals surface area contributed by atoms with Crippen LogP contribution in [-0.4, -0.2) is 33.1 Å². The number of sulfonamides is 1. The van der Waals surface area contributed by atoms with Gasteiger partial charge in [0, 0.05) is 17.5 Å². The fourth-order valence-corrected chi connectivity index (χ4v) is 4.18. The predicted molar refractivity (Wildman–Crippen MR) is 77.3 cm³/mol. The van der Waals surface area contributed by atoms with E-state index in [4.69, 9.17) is 24.1 Å². The van der Waals surface area contributed by atoms with Crippen LogP contribution in [0.2, 0.25) is 0 Å². The van der Waals surface area contributed by atoms with Crippen LogP contribution in [-0.2, 0) is 30.7 Å². The third-order valence-electron chi connectivity index (χ3n) is 3.66. The Morgan fingerprint density at radius 1 is 1.25 bits per heavy atom. The maximum absolute atomic E-state index is 12.6. The van der Waals surface area contributed by atoms with E-state index in [2.05, 4.69) is 4.72 Å². The van der Waals surface area contributed by atoms with E-state index < -0.39 is 21.7 Å². The Bertz CT molecular complexity index is 915. The minimum absolute atomic E-state index is 0.0510. The molecule has 0 aliphatic carbocycles. The number of hydrogen-bond donors (Lipinski definition) is 2. The molecule has 24 heavy (non-hydrogen) atoms. The van der Waals surface area contributed by atoms with Gasteiger partial charge < -0.3 is 24.1 Å². The molecular formula is C14H11NO8S. The first-order valence-corrected chi connectivity index (χ1v) is 8.31. The number of aliphatic carboxylic acids is 1. The van der Waals surface area contributed by atoms with Crippen molar-refractivity contribution in [3.63, 3.8) is 0 Å². The molecule has 0 saturated carbocycles. The number of carbonyl (C=O) groups is 1. The summed E-state index contributed by atoms with van der Waals surface area (Å²) in [5, 5.41) is 9.09. The normalized spacial score (nSPS) is 19.3. The van der Waals surface area contributed by atoms with Crippen molar-refractivity contribution in [1.29, 1.82) is 0 Å². The van der Waals surface area contributed by atoms with Crippen LogP contribution in [0.4, 0.5) is 0 Å². The van der Waals surface area contributed by atoms with Gasteiger partial charge in [0.1, 0.15) is 22.6 Å². The van der Waals surface area contributed by atoms with Gasteiger partial charge in [-0.1, -0.05) is 0 Å². The zero-order valence-electron chi connectivity index (χ0n) is 12.1. The molecule has 4 rings (SSSR count).